The van der Waals surface area contributed by atoms with Crippen molar-refractivity contribution in [1.29, 1.82) is 0 Å². The van der Waals surface area contributed by atoms with Crippen molar-refractivity contribution in [2.75, 3.05) is 0 Å². The lowest BCUT2D eigenvalue weighted by Gasteiger charge is -2.19. The van der Waals surface area contributed by atoms with Gasteiger partial charge in [0.05, 0.1) is 0 Å². The van der Waals surface area contributed by atoms with E-state index in [1.54, 1.807) is 17.8 Å². The Morgan fingerprint density at radius 3 is 1.80 bits per heavy atom. The van der Waals surface area contributed by atoms with Gasteiger partial charge in [0.25, 0.3) is 0 Å². The van der Waals surface area contributed by atoms with E-state index >= 15 is 0 Å². The molecule has 0 aliphatic heterocycles. The molecule has 0 aromatic rings. The minimum Gasteiger partial charge on any atom is -0.401 e. The van der Waals surface area contributed by atoms with Gasteiger partial charge in [0, 0.05) is 15.3 Å². The first-order valence-electron chi connectivity index (χ1n) is 5.00. The van der Waals surface area contributed by atoms with Gasteiger partial charge in [0.15, 0.2) is 0 Å². The maximum absolute atomic E-state index is 5.69. The largest absolute Gasteiger partial charge is 0.401 e. The highest BCUT2D eigenvalue weighted by Crippen LogP contribution is 2.33. The van der Waals surface area contributed by atoms with E-state index in [0.717, 1.165) is 10.6 Å². The predicted molar refractivity (Wildman–Crippen MR) is 73.7 cm³/mol. The van der Waals surface area contributed by atoms with Crippen molar-refractivity contribution in [2.24, 2.45) is 11.5 Å². The van der Waals surface area contributed by atoms with Crippen LogP contribution in [-0.4, -0.2) is 4.75 Å². The lowest BCUT2D eigenvalue weighted by Crippen LogP contribution is -2.09. The first kappa shape index (κ1) is 17.1. The van der Waals surface area contributed by atoms with Gasteiger partial charge in [-0.15, -0.1) is 11.8 Å². The fourth-order valence-electron chi connectivity index (χ4n) is 0.679. The molecule has 0 aromatic carbocycles. The van der Waals surface area contributed by atoms with Crippen LogP contribution in [0.5, 0.6) is 0 Å². The van der Waals surface area contributed by atoms with Gasteiger partial charge in [-0.1, -0.05) is 46.2 Å². The highest BCUT2D eigenvalue weighted by atomic mass is 35.5. The summed E-state index contributed by atoms with van der Waals surface area (Å²) in [6.07, 6.45) is 1.69. The molecule has 0 amide bonds. The Kier molecular flexibility index (Phi) is 9.07. The Morgan fingerprint density at radius 2 is 1.60 bits per heavy atom. The topological polar surface area (TPSA) is 52.0 Å². The number of allylic oxidation sites excluding steroid dienone is 2. The van der Waals surface area contributed by atoms with Crippen LogP contribution in [-0.2, 0) is 0 Å². The van der Waals surface area contributed by atoms with E-state index in [1.165, 1.54) is 0 Å². The van der Waals surface area contributed by atoms with Crippen LogP contribution in [0.1, 0.15) is 41.5 Å². The summed E-state index contributed by atoms with van der Waals surface area (Å²) in [5.41, 5.74) is 11.8. The van der Waals surface area contributed by atoms with Gasteiger partial charge in [-0.25, -0.2) is 0 Å². The molecule has 4 N–H and O–H groups in total. The van der Waals surface area contributed by atoms with E-state index in [9.17, 15) is 0 Å². The van der Waals surface area contributed by atoms with Crippen molar-refractivity contribution >= 4 is 23.4 Å². The zero-order valence-electron chi connectivity index (χ0n) is 10.5. The van der Waals surface area contributed by atoms with Gasteiger partial charge in [-0.05, 0) is 13.0 Å². The summed E-state index contributed by atoms with van der Waals surface area (Å²) in [5.74, 6) is 0. The molecule has 15 heavy (non-hydrogen) atoms. The lowest BCUT2D eigenvalue weighted by molar-refractivity contribution is 0.806. The molecule has 0 saturated heterocycles. The summed E-state index contributed by atoms with van der Waals surface area (Å²) >= 11 is 7.23. The molecule has 0 heterocycles. The Balaban J connectivity index is 0. The van der Waals surface area contributed by atoms with Crippen LogP contribution in [0.2, 0.25) is 0 Å². The molecule has 0 radical (unpaired) electrons. The molecule has 0 rings (SSSR count). The Morgan fingerprint density at radius 1 is 1.20 bits per heavy atom. The molecule has 0 aliphatic carbocycles. The van der Waals surface area contributed by atoms with E-state index < -0.39 is 0 Å². The first-order valence-corrected chi connectivity index (χ1v) is 6.20. The molecule has 0 fully saturated rings. The number of rotatable bonds is 2. The van der Waals surface area contributed by atoms with E-state index in [1.807, 2.05) is 20.8 Å². The van der Waals surface area contributed by atoms with Gasteiger partial charge < -0.3 is 11.5 Å². The number of hydrogen-bond donors (Lipinski definition) is 2. The van der Waals surface area contributed by atoms with Gasteiger partial charge in [0.1, 0.15) is 5.16 Å². The third-order valence-corrected chi connectivity index (χ3v) is 2.46. The molecule has 0 aliphatic rings. The number of nitrogens with two attached hydrogens (primary N) is 2. The van der Waals surface area contributed by atoms with E-state index in [0.29, 0.717) is 0 Å². The molecule has 0 aromatic heterocycles. The number of thioether (sulfide) groups is 1. The molecule has 0 unspecified atom stereocenters. The van der Waals surface area contributed by atoms with Crippen LogP contribution in [0, 0.1) is 0 Å². The number of halogens is 1. The summed E-state index contributed by atoms with van der Waals surface area (Å²) in [5, 5.41) is 0.261. The summed E-state index contributed by atoms with van der Waals surface area (Å²) in [6.45, 7) is 12.2. The van der Waals surface area contributed by atoms with Crippen molar-refractivity contribution < 1.29 is 0 Å². The Bertz CT molecular complexity index is 231. The standard InChI is InChI=1S/C9H17ClN2S.C2H6/c1-6(11)7(5-8(10)12)13-9(2,3)4;1-2/h5H,11-12H2,1-4H3;1-2H3/b7-6+,8-5-;. The van der Waals surface area contributed by atoms with Crippen molar-refractivity contribution in [1.82, 2.24) is 0 Å². The average molecular weight is 251 g/mol. The fraction of sp³-hybridized carbons (Fsp3) is 0.636. The summed E-state index contributed by atoms with van der Waals surface area (Å²) in [4.78, 5) is 0.931. The average Bonchev–Trinajstić information content (AvgIpc) is 2.03. The summed E-state index contributed by atoms with van der Waals surface area (Å²) in [6, 6.07) is 0. The molecular weight excluding hydrogens is 228 g/mol. The van der Waals surface area contributed by atoms with Crippen LogP contribution in [0.15, 0.2) is 21.8 Å². The van der Waals surface area contributed by atoms with E-state index in [4.69, 9.17) is 23.1 Å². The highest BCUT2D eigenvalue weighted by Gasteiger charge is 2.13. The Hall–Kier alpha value is -0.280. The second-order valence-electron chi connectivity index (χ2n) is 3.79. The number of hydrogen-bond acceptors (Lipinski definition) is 3. The van der Waals surface area contributed by atoms with Crippen LogP contribution < -0.4 is 11.5 Å². The maximum atomic E-state index is 5.69. The third kappa shape index (κ3) is 11.6. The normalized spacial score (nSPS) is 13.9. The molecule has 0 bridgehead atoms. The van der Waals surface area contributed by atoms with Gasteiger partial charge >= 0.3 is 0 Å². The smallest absolute Gasteiger partial charge is 0.100 e. The zero-order chi connectivity index (χ0) is 12.6. The minimum atomic E-state index is 0.110. The zero-order valence-corrected chi connectivity index (χ0v) is 12.1. The molecule has 0 atom stereocenters. The fourth-order valence-corrected chi connectivity index (χ4v) is 1.86. The van der Waals surface area contributed by atoms with Crippen LogP contribution in [0.25, 0.3) is 0 Å². The molecular formula is C11H23ClN2S. The van der Waals surface area contributed by atoms with E-state index in [-0.39, 0.29) is 9.90 Å². The molecule has 2 nitrogen and oxygen atoms in total. The van der Waals surface area contributed by atoms with Crippen molar-refractivity contribution in [2.45, 2.75) is 46.3 Å². The van der Waals surface area contributed by atoms with Crippen LogP contribution in [0.3, 0.4) is 0 Å². The van der Waals surface area contributed by atoms with Gasteiger partial charge in [-0.2, -0.15) is 0 Å². The van der Waals surface area contributed by atoms with Crippen molar-refractivity contribution in [3.05, 3.63) is 21.8 Å². The predicted octanol–water partition coefficient (Wildman–Crippen LogP) is 3.77. The van der Waals surface area contributed by atoms with Gasteiger partial charge in [-0.3, -0.25) is 0 Å². The molecule has 4 heteroatoms. The highest BCUT2D eigenvalue weighted by molar-refractivity contribution is 8.04. The van der Waals surface area contributed by atoms with Crippen LogP contribution in [0.4, 0.5) is 0 Å². The molecule has 90 valence electrons. The Labute approximate surface area is 103 Å². The van der Waals surface area contributed by atoms with Gasteiger partial charge in [0.2, 0.25) is 0 Å². The van der Waals surface area contributed by atoms with Crippen molar-refractivity contribution in [3.8, 4) is 0 Å². The summed E-state index contributed by atoms with van der Waals surface area (Å²) in [7, 11) is 0. The quantitative estimate of drug-likeness (QED) is 0.579. The molecule has 0 spiro atoms. The van der Waals surface area contributed by atoms with E-state index in [2.05, 4.69) is 20.8 Å². The minimum absolute atomic E-state index is 0.110. The molecule has 0 saturated carbocycles. The van der Waals surface area contributed by atoms with Crippen LogP contribution >= 0.6 is 23.4 Å². The maximum Gasteiger partial charge on any atom is 0.100 e. The second-order valence-corrected chi connectivity index (χ2v) is 6.10. The van der Waals surface area contributed by atoms with Crippen molar-refractivity contribution in [3.63, 3.8) is 0 Å². The third-order valence-electron chi connectivity index (χ3n) is 1.07. The SMILES string of the molecule is C/C(N)=C(/C=C(\N)Cl)SC(C)(C)C.CC. The first-order chi connectivity index (χ1) is 6.72. The summed E-state index contributed by atoms with van der Waals surface area (Å²) < 4.78 is 0.110. The second kappa shape index (κ2) is 7.94. The lowest BCUT2D eigenvalue weighted by atomic mass is 10.3. The monoisotopic (exact) mass is 250 g/mol.